The van der Waals surface area contributed by atoms with Crippen molar-refractivity contribution in [2.24, 2.45) is 5.73 Å². The lowest BCUT2D eigenvalue weighted by atomic mass is 10.1. The maximum Gasteiger partial charge on any atom is 0.186 e. The van der Waals surface area contributed by atoms with Crippen LogP contribution in [0.1, 0.15) is 12.8 Å². The van der Waals surface area contributed by atoms with Crippen LogP contribution in [-0.4, -0.2) is 24.1 Å². The number of halogens is 2. The largest absolute Gasteiger partial charge is 0.347 e. The zero-order chi connectivity index (χ0) is 11.0. The van der Waals surface area contributed by atoms with Crippen molar-refractivity contribution in [3.63, 3.8) is 0 Å². The van der Waals surface area contributed by atoms with Gasteiger partial charge in [0.25, 0.3) is 0 Å². The van der Waals surface area contributed by atoms with Gasteiger partial charge in [-0.05, 0) is 25.0 Å². The number of thiazole rings is 1. The summed E-state index contributed by atoms with van der Waals surface area (Å²) in [6, 6.07) is 8.60. The van der Waals surface area contributed by atoms with Crippen LogP contribution in [0.3, 0.4) is 0 Å². The fourth-order valence-corrected chi connectivity index (χ4v) is 3.18. The number of hydrogen-bond donors (Lipinski definition) is 1. The number of fused-ring (bicyclic) bond motifs is 1. The lowest BCUT2D eigenvalue weighted by Gasteiger charge is -2.30. The highest BCUT2D eigenvalue weighted by molar-refractivity contribution is 7.22. The Kier molecular flexibility index (Phi) is 5.66. The molecule has 1 fully saturated rings. The van der Waals surface area contributed by atoms with Gasteiger partial charge in [-0.2, -0.15) is 0 Å². The first-order chi connectivity index (χ1) is 7.83. The molecule has 1 saturated heterocycles. The van der Waals surface area contributed by atoms with Gasteiger partial charge in [0.15, 0.2) is 5.13 Å². The van der Waals surface area contributed by atoms with Crippen LogP contribution in [0, 0.1) is 0 Å². The summed E-state index contributed by atoms with van der Waals surface area (Å²) in [5.41, 5.74) is 7.09. The predicted molar refractivity (Wildman–Crippen MR) is 83.5 cm³/mol. The van der Waals surface area contributed by atoms with Crippen LogP contribution in [0.5, 0.6) is 0 Å². The number of aromatic nitrogens is 1. The van der Waals surface area contributed by atoms with Crippen LogP contribution < -0.4 is 10.6 Å². The summed E-state index contributed by atoms with van der Waals surface area (Å²) in [5.74, 6) is 0. The van der Waals surface area contributed by atoms with Gasteiger partial charge >= 0.3 is 0 Å². The standard InChI is InChI=1S/C12H15N3S.2ClH/c13-9-4-3-7-15(8-9)12-14-10-5-1-2-6-11(10)16-12;;/h1-2,5-6,9H,3-4,7-8,13H2;2*1H. The van der Waals surface area contributed by atoms with E-state index in [-0.39, 0.29) is 24.8 Å². The number of rotatable bonds is 1. The van der Waals surface area contributed by atoms with E-state index in [9.17, 15) is 0 Å². The van der Waals surface area contributed by atoms with Crippen molar-refractivity contribution in [2.75, 3.05) is 18.0 Å². The molecule has 0 bridgehead atoms. The van der Waals surface area contributed by atoms with Crippen LogP contribution in [0.15, 0.2) is 24.3 Å². The third-order valence-electron chi connectivity index (χ3n) is 3.01. The van der Waals surface area contributed by atoms with E-state index in [0.29, 0.717) is 6.04 Å². The van der Waals surface area contributed by atoms with Crippen LogP contribution in [-0.2, 0) is 0 Å². The van der Waals surface area contributed by atoms with Gasteiger partial charge in [-0.3, -0.25) is 0 Å². The molecule has 2 N–H and O–H groups in total. The zero-order valence-electron chi connectivity index (χ0n) is 9.91. The van der Waals surface area contributed by atoms with E-state index in [2.05, 4.69) is 28.1 Å². The number of benzene rings is 1. The second kappa shape index (κ2) is 6.57. The Hall–Kier alpha value is -0.550. The highest BCUT2D eigenvalue weighted by Crippen LogP contribution is 2.29. The van der Waals surface area contributed by atoms with Gasteiger partial charge in [-0.15, -0.1) is 24.8 Å². The average molecular weight is 306 g/mol. The molecule has 0 saturated carbocycles. The molecule has 0 radical (unpaired) electrons. The molecule has 6 heteroatoms. The normalized spacial score (nSPS) is 19.2. The molecule has 18 heavy (non-hydrogen) atoms. The Morgan fingerprint density at radius 1 is 1.28 bits per heavy atom. The third kappa shape index (κ3) is 3.06. The van der Waals surface area contributed by atoms with E-state index >= 15 is 0 Å². The van der Waals surface area contributed by atoms with Crippen LogP contribution in [0.25, 0.3) is 10.2 Å². The molecule has 1 aromatic heterocycles. The molecule has 100 valence electrons. The molecule has 2 aromatic rings. The molecular weight excluding hydrogens is 289 g/mol. The number of nitrogens with zero attached hydrogens (tertiary/aromatic N) is 2. The fraction of sp³-hybridized carbons (Fsp3) is 0.417. The van der Waals surface area contributed by atoms with Crippen LogP contribution in [0.2, 0.25) is 0 Å². The van der Waals surface area contributed by atoms with Gasteiger partial charge in [0, 0.05) is 19.1 Å². The minimum atomic E-state index is 0. The fourth-order valence-electron chi connectivity index (χ4n) is 2.18. The lowest BCUT2D eigenvalue weighted by Crippen LogP contribution is -2.42. The molecule has 0 spiro atoms. The van der Waals surface area contributed by atoms with E-state index in [0.717, 1.165) is 30.2 Å². The Bertz CT molecular complexity index is 470. The summed E-state index contributed by atoms with van der Waals surface area (Å²) in [6.45, 7) is 2.04. The molecule has 1 unspecified atom stereocenters. The third-order valence-corrected chi connectivity index (χ3v) is 4.11. The summed E-state index contributed by atoms with van der Waals surface area (Å²) in [7, 11) is 0. The molecule has 2 heterocycles. The minimum Gasteiger partial charge on any atom is -0.347 e. The van der Waals surface area contributed by atoms with Crippen molar-refractivity contribution >= 4 is 51.5 Å². The topological polar surface area (TPSA) is 42.1 Å². The molecule has 3 rings (SSSR count). The van der Waals surface area contributed by atoms with E-state index in [1.165, 1.54) is 11.1 Å². The summed E-state index contributed by atoms with van der Waals surface area (Å²) in [4.78, 5) is 6.98. The number of anilines is 1. The van der Waals surface area contributed by atoms with Gasteiger partial charge in [-0.1, -0.05) is 23.5 Å². The van der Waals surface area contributed by atoms with Crippen molar-refractivity contribution in [3.8, 4) is 0 Å². The smallest absolute Gasteiger partial charge is 0.186 e. The van der Waals surface area contributed by atoms with Gasteiger partial charge in [0.1, 0.15) is 0 Å². The van der Waals surface area contributed by atoms with E-state index in [1.54, 1.807) is 11.3 Å². The Morgan fingerprint density at radius 2 is 2.06 bits per heavy atom. The van der Waals surface area contributed by atoms with E-state index in [4.69, 9.17) is 5.73 Å². The maximum absolute atomic E-state index is 5.99. The first-order valence-electron chi connectivity index (χ1n) is 5.69. The second-order valence-corrected chi connectivity index (χ2v) is 5.32. The number of nitrogens with two attached hydrogens (primary N) is 1. The summed E-state index contributed by atoms with van der Waals surface area (Å²) in [6.07, 6.45) is 2.32. The van der Waals surface area contributed by atoms with Gasteiger partial charge < -0.3 is 10.6 Å². The average Bonchev–Trinajstić information content (AvgIpc) is 2.72. The molecule has 1 aliphatic heterocycles. The molecule has 1 aliphatic rings. The Morgan fingerprint density at radius 3 is 2.78 bits per heavy atom. The Balaban J connectivity index is 0.000000810. The van der Waals surface area contributed by atoms with Gasteiger partial charge in [-0.25, -0.2) is 4.98 Å². The van der Waals surface area contributed by atoms with Crippen molar-refractivity contribution < 1.29 is 0 Å². The molecule has 0 aliphatic carbocycles. The van der Waals surface area contributed by atoms with E-state index in [1.807, 2.05) is 6.07 Å². The number of hydrogen-bond acceptors (Lipinski definition) is 4. The second-order valence-electron chi connectivity index (χ2n) is 4.31. The number of para-hydroxylation sites is 1. The van der Waals surface area contributed by atoms with Crippen molar-refractivity contribution in [1.82, 2.24) is 4.98 Å². The van der Waals surface area contributed by atoms with Gasteiger partial charge in [0.05, 0.1) is 10.2 Å². The molecular formula is C12H17Cl2N3S. The SMILES string of the molecule is Cl.Cl.NC1CCCN(c2nc3ccccc3s2)C1. The lowest BCUT2D eigenvalue weighted by molar-refractivity contribution is 0.506. The summed E-state index contributed by atoms with van der Waals surface area (Å²) >= 11 is 1.77. The number of piperidine rings is 1. The maximum atomic E-state index is 5.99. The van der Waals surface area contributed by atoms with E-state index < -0.39 is 0 Å². The van der Waals surface area contributed by atoms with Crippen LogP contribution in [0.4, 0.5) is 5.13 Å². The molecule has 1 atom stereocenters. The molecule has 0 amide bonds. The molecule has 1 aromatic carbocycles. The minimum absolute atomic E-state index is 0. The first kappa shape index (κ1) is 15.5. The molecule has 3 nitrogen and oxygen atoms in total. The monoisotopic (exact) mass is 305 g/mol. The van der Waals surface area contributed by atoms with Crippen molar-refractivity contribution in [2.45, 2.75) is 18.9 Å². The quantitative estimate of drug-likeness (QED) is 0.880. The first-order valence-corrected chi connectivity index (χ1v) is 6.51. The van der Waals surface area contributed by atoms with Crippen molar-refractivity contribution in [1.29, 1.82) is 0 Å². The summed E-state index contributed by atoms with van der Waals surface area (Å²) < 4.78 is 1.26. The highest BCUT2D eigenvalue weighted by Gasteiger charge is 2.19. The van der Waals surface area contributed by atoms with Gasteiger partial charge in [0.2, 0.25) is 0 Å². The van der Waals surface area contributed by atoms with Crippen LogP contribution >= 0.6 is 36.2 Å². The zero-order valence-corrected chi connectivity index (χ0v) is 12.4. The predicted octanol–water partition coefficient (Wildman–Crippen LogP) is 3.07. The summed E-state index contributed by atoms with van der Waals surface area (Å²) in [5, 5.41) is 1.12. The highest BCUT2D eigenvalue weighted by atomic mass is 35.5. The van der Waals surface area contributed by atoms with Crippen molar-refractivity contribution in [3.05, 3.63) is 24.3 Å². The Labute approximate surface area is 123 Å².